The third-order valence-electron chi connectivity index (χ3n) is 7.88. The summed E-state index contributed by atoms with van der Waals surface area (Å²) < 4.78 is 41.3. The Morgan fingerprint density at radius 3 is 2.51 bits per heavy atom. The average molecular weight is 532 g/mol. The number of benzene rings is 2. The molecular weight excluding hydrogens is 500 g/mol. The molecule has 4 heterocycles. The fraction of sp³-hybridized carbons (Fsp3) is 0.367. The number of pyridine rings is 1. The third kappa shape index (κ3) is 4.20. The van der Waals surface area contributed by atoms with Crippen molar-refractivity contribution in [1.82, 2.24) is 24.5 Å². The van der Waals surface area contributed by atoms with E-state index in [0.717, 1.165) is 17.0 Å². The lowest BCUT2D eigenvalue weighted by Gasteiger charge is -2.33. The van der Waals surface area contributed by atoms with Crippen LogP contribution in [0.5, 0.6) is 0 Å². The highest BCUT2D eigenvalue weighted by atomic mass is 19.1. The van der Waals surface area contributed by atoms with Crippen LogP contribution in [-0.4, -0.2) is 42.9 Å². The van der Waals surface area contributed by atoms with Crippen molar-refractivity contribution in [3.8, 4) is 11.3 Å². The second-order valence-corrected chi connectivity index (χ2v) is 10.9. The van der Waals surface area contributed by atoms with Crippen LogP contribution in [0.2, 0.25) is 0 Å². The first-order valence-corrected chi connectivity index (χ1v) is 13.2. The van der Waals surface area contributed by atoms with Gasteiger partial charge in [-0.3, -0.25) is 4.98 Å². The summed E-state index contributed by atoms with van der Waals surface area (Å²) >= 11 is 0. The standard InChI is InChI=1S/C30H31F2N5O2/c1-17-27(36(4)35-34-17)19-15-24-26(33-16-19)21-9-10-22(30(2,3)38)25(32)29(21)37(24)28(18-11-13-39-14-12-18)20-7-5-6-8-23(20)31/h5-10,15-16,18,28,38H,11-14H2,1-4H3/t28-/m0/s1. The van der Waals surface area contributed by atoms with Gasteiger partial charge < -0.3 is 14.4 Å². The van der Waals surface area contributed by atoms with Gasteiger partial charge in [0.15, 0.2) is 5.82 Å². The van der Waals surface area contributed by atoms with E-state index in [-0.39, 0.29) is 17.3 Å². The Hall–Kier alpha value is -3.69. The molecule has 5 aromatic rings. The highest BCUT2D eigenvalue weighted by Gasteiger charge is 2.34. The highest BCUT2D eigenvalue weighted by Crippen LogP contribution is 2.43. The number of ether oxygens (including phenoxy) is 1. The Labute approximate surface area is 225 Å². The molecule has 0 saturated carbocycles. The van der Waals surface area contributed by atoms with Gasteiger partial charge in [0.2, 0.25) is 0 Å². The van der Waals surface area contributed by atoms with E-state index in [0.29, 0.717) is 53.6 Å². The van der Waals surface area contributed by atoms with Gasteiger partial charge in [-0.05, 0) is 51.7 Å². The van der Waals surface area contributed by atoms with Gasteiger partial charge in [0, 0.05) is 48.5 Å². The summed E-state index contributed by atoms with van der Waals surface area (Å²) in [5.41, 5.74) is 3.14. The lowest BCUT2D eigenvalue weighted by atomic mass is 9.86. The Morgan fingerprint density at radius 1 is 1.10 bits per heavy atom. The summed E-state index contributed by atoms with van der Waals surface area (Å²) in [6, 6.07) is 11.5. The molecule has 9 heteroatoms. The van der Waals surface area contributed by atoms with E-state index in [9.17, 15) is 5.11 Å². The SMILES string of the molecule is Cc1nnn(C)c1-c1cnc2c3ccc(C(C)(C)O)c(F)c3n([C@H](c3ccccc3F)C3CCOCC3)c2c1. The van der Waals surface area contributed by atoms with Gasteiger partial charge in [-0.2, -0.15) is 0 Å². The Morgan fingerprint density at radius 2 is 1.85 bits per heavy atom. The monoisotopic (exact) mass is 531 g/mol. The average Bonchev–Trinajstić information content (AvgIpc) is 3.42. The molecule has 2 aromatic carbocycles. The Kier molecular flexibility index (Phi) is 6.23. The van der Waals surface area contributed by atoms with Crippen molar-refractivity contribution in [2.75, 3.05) is 13.2 Å². The van der Waals surface area contributed by atoms with Crippen molar-refractivity contribution >= 4 is 21.9 Å². The van der Waals surface area contributed by atoms with E-state index in [4.69, 9.17) is 9.72 Å². The molecule has 1 fully saturated rings. The van der Waals surface area contributed by atoms with Crippen LogP contribution >= 0.6 is 0 Å². The van der Waals surface area contributed by atoms with Crippen LogP contribution in [0.1, 0.15) is 49.6 Å². The van der Waals surface area contributed by atoms with Crippen LogP contribution in [0.4, 0.5) is 8.78 Å². The quantitative estimate of drug-likeness (QED) is 0.310. The maximum Gasteiger partial charge on any atom is 0.153 e. The Bertz CT molecular complexity index is 1680. The summed E-state index contributed by atoms with van der Waals surface area (Å²) in [6.07, 6.45) is 3.14. The number of aromatic nitrogens is 5. The molecule has 1 N–H and O–H groups in total. The zero-order valence-corrected chi connectivity index (χ0v) is 22.4. The lowest BCUT2D eigenvalue weighted by molar-refractivity contribution is 0.0547. The minimum atomic E-state index is -1.41. The minimum Gasteiger partial charge on any atom is -0.386 e. The smallest absolute Gasteiger partial charge is 0.153 e. The second-order valence-electron chi connectivity index (χ2n) is 10.9. The van der Waals surface area contributed by atoms with Crippen LogP contribution in [0.25, 0.3) is 33.2 Å². The molecule has 0 spiro atoms. The summed E-state index contributed by atoms with van der Waals surface area (Å²) in [7, 11) is 1.81. The molecule has 202 valence electrons. The lowest BCUT2D eigenvalue weighted by Crippen LogP contribution is -2.28. The van der Waals surface area contributed by atoms with Gasteiger partial charge >= 0.3 is 0 Å². The summed E-state index contributed by atoms with van der Waals surface area (Å²) in [4.78, 5) is 4.81. The first-order chi connectivity index (χ1) is 18.7. The number of hydrogen-bond donors (Lipinski definition) is 1. The molecule has 1 saturated heterocycles. The van der Waals surface area contributed by atoms with Crippen molar-refractivity contribution in [3.05, 3.63) is 77.1 Å². The van der Waals surface area contributed by atoms with Crippen LogP contribution in [0.3, 0.4) is 0 Å². The summed E-state index contributed by atoms with van der Waals surface area (Å²) in [6.45, 7) is 6.10. The molecule has 1 aliphatic heterocycles. The van der Waals surface area contributed by atoms with Crippen LogP contribution in [0, 0.1) is 24.5 Å². The maximum atomic E-state index is 16.6. The van der Waals surface area contributed by atoms with Crippen molar-refractivity contribution in [2.24, 2.45) is 13.0 Å². The number of fused-ring (bicyclic) bond motifs is 3. The zero-order valence-electron chi connectivity index (χ0n) is 22.4. The molecule has 0 unspecified atom stereocenters. The van der Waals surface area contributed by atoms with Crippen LogP contribution < -0.4 is 0 Å². The van der Waals surface area contributed by atoms with Gasteiger partial charge in [-0.15, -0.1) is 5.10 Å². The molecule has 39 heavy (non-hydrogen) atoms. The Balaban J connectivity index is 1.75. The fourth-order valence-corrected chi connectivity index (χ4v) is 6.05. The highest BCUT2D eigenvalue weighted by molar-refractivity contribution is 6.07. The van der Waals surface area contributed by atoms with Gasteiger partial charge in [-0.1, -0.05) is 35.5 Å². The van der Waals surface area contributed by atoms with E-state index >= 15 is 8.78 Å². The van der Waals surface area contributed by atoms with E-state index in [1.165, 1.54) is 6.07 Å². The van der Waals surface area contributed by atoms with Crippen molar-refractivity contribution < 1.29 is 18.6 Å². The number of hydrogen-bond acceptors (Lipinski definition) is 5. The van der Waals surface area contributed by atoms with E-state index in [1.807, 2.05) is 30.7 Å². The predicted octanol–water partition coefficient (Wildman–Crippen LogP) is 5.82. The molecule has 1 atom stereocenters. The van der Waals surface area contributed by atoms with E-state index in [1.54, 1.807) is 49.0 Å². The summed E-state index contributed by atoms with van der Waals surface area (Å²) in [5.74, 6) is -0.895. The van der Waals surface area contributed by atoms with E-state index < -0.39 is 17.5 Å². The number of rotatable bonds is 5. The molecule has 1 aliphatic rings. The molecule has 7 nitrogen and oxygen atoms in total. The fourth-order valence-electron chi connectivity index (χ4n) is 6.05. The first kappa shape index (κ1) is 25.6. The molecule has 0 aliphatic carbocycles. The topological polar surface area (TPSA) is 78.0 Å². The minimum absolute atomic E-state index is 0.0107. The normalized spacial score (nSPS) is 15.9. The predicted molar refractivity (Wildman–Crippen MR) is 145 cm³/mol. The zero-order chi connectivity index (χ0) is 27.5. The largest absolute Gasteiger partial charge is 0.386 e. The third-order valence-corrected chi connectivity index (χ3v) is 7.88. The molecular formula is C30H31F2N5O2. The molecule has 0 radical (unpaired) electrons. The van der Waals surface area contributed by atoms with Crippen LogP contribution in [0.15, 0.2) is 48.7 Å². The maximum absolute atomic E-state index is 16.6. The molecule has 6 rings (SSSR count). The number of nitrogens with zero attached hydrogens (tertiary/aromatic N) is 5. The molecule has 3 aromatic heterocycles. The molecule has 0 amide bonds. The van der Waals surface area contributed by atoms with Crippen molar-refractivity contribution in [2.45, 2.75) is 45.3 Å². The van der Waals surface area contributed by atoms with Gasteiger partial charge in [-0.25, -0.2) is 13.5 Å². The van der Waals surface area contributed by atoms with Crippen LogP contribution in [-0.2, 0) is 17.4 Å². The number of halogens is 2. The summed E-state index contributed by atoms with van der Waals surface area (Å²) in [5, 5.41) is 19.7. The van der Waals surface area contributed by atoms with Gasteiger partial charge in [0.25, 0.3) is 0 Å². The van der Waals surface area contributed by atoms with Gasteiger partial charge in [0.1, 0.15) is 5.82 Å². The second kappa shape index (κ2) is 9.50. The molecule has 0 bridgehead atoms. The van der Waals surface area contributed by atoms with E-state index in [2.05, 4.69) is 10.3 Å². The van der Waals surface area contributed by atoms with Crippen molar-refractivity contribution in [3.63, 3.8) is 0 Å². The van der Waals surface area contributed by atoms with Gasteiger partial charge in [0.05, 0.1) is 39.6 Å². The number of aryl methyl sites for hydroxylation is 2. The van der Waals surface area contributed by atoms with Crippen molar-refractivity contribution in [1.29, 1.82) is 0 Å². The number of aliphatic hydroxyl groups is 1. The first-order valence-electron chi connectivity index (χ1n) is 13.2.